The van der Waals surface area contributed by atoms with Crippen LogP contribution < -0.4 is 5.32 Å². The van der Waals surface area contributed by atoms with Gasteiger partial charge in [0.15, 0.2) is 5.82 Å². The minimum Gasteiger partial charge on any atom is -0.349 e. The number of alkyl halides is 9. The largest absolute Gasteiger partial charge is 0.417 e. The Bertz CT molecular complexity index is 1160. The lowest BCUT2D eigenvalue weighted by atomic mass is 9.96. The van der Waals surface area contributed by atoms with Gasteiger partial charge in [0, 0.05) is 11.8 Å². The molecule has 0 radical (unpaired) electrons. The molecule has 0 aliphatic rings. The Balaban J connectivity index is 2.34. The minimum atomic E-state index is -5.09. The Morgan fingerprint density at radius 1 is 1.00 bits per heavy atom. The van der Waals surface area contributed by atoms with Gasteiger partial charge in [-0.2, -0.15) is 51.3 Å². The van der Waals surface area contributed by atoms with Crippen molar-refractivity contribution in [1.82, 2.24) is 5.32 Å². The van der Waals surface area contributed by atoms with Gasteiger partial charge in [-0.15, -0.1) is 0 Å². The smallest absolute Gasteiger partial charge is 0.349 e. The quantitative estimate of drug-likeness (QED) is 0.237. The van der Waals surface area contributed by atoms with Gasteiger partial charge in [-0.1, -0.05) is 41.4 Å². The van der Waals surface area contributed by atoms with Crippen molar-refractivity contribution < 1.29 is 48.7 Å². The van der Waals surface area contributed by atoms with E-state index in [4.69, 9.17) is 23.2 Å². The molecule has 2 rings (SSSR count). The Hall–Kier alpha value is -2.12. The summed E-state index contributed by atoms with van der Waals surface area (Å²) in [6.45, 7) is 1.30. The van der Waals surface area contributed by atoms with Crippen LogP contribution >= 0.6 is 35.0 Å². The maximum Gasteiger partial charge on any atom is 0.417 e. The number of hydrogen-bond acceptors (Lipinski definition) is 2. The number of thioether (sulfide) groups is 1. The van der Waals surface area contributed by atoms with Gasteiger partial charge >= 0.3 is 18.5 Å². The molecule has 0 aliphatic heterocycles. The van der Waals surface area contributed by atoms with Crippen molar-refractivity contribution in [3.63, 3.8) is 0 Å². The molecular formula is C23H17Cl2F10NOS. The van der Waals surface area contributed by atoms with E-state index in [1.807, 2.05) is 0 Å². The van der Waals surface area contributed by atoms with E-state index in [1.165, 1.54) is 6.92 Å². The molecule has 2 atom stereocenters. The summed E-state index contributed by atoms with van der Waals surface area (Å²) in [6.07, 6.45) is -13.2. The third-order valence-corrected chi connectivity index (χ3v) is 6.62. The highest BCUT2D eigenvalue weighted by atomic mass is 35.5. The summed E-state index contributed by atoms with van der Waals surface area (Å²) >= 11 is 11.6. The monoisotopic (exact) mass is 615 g/mol. The fourth-order valence-corrected chi connectivity index (χ4v) is 4.45. The number of rotatable bonds is 8. The molecule has 15 heteroatoms. The van der Waals surface area contributed by atoms with Crippen molar-refractivity contribution in [2.45, 2.75) is 37.4 Å². The van der Waals surface area contributed by atoms with Crippen LogP contribution in [-0.2, 0) is 6.18 Å². The van der Waals surface area contributed by atoms with Gasteiger partial charge in [0.2, 0.25) is 0 Å². The van der Waals surface area contributed by atoms with E-state index in [1.54, 1.807) is 0 Å². The minimum absolute atomic E-state index is 0.232. The van der Waals surface area contributed by atoms with Crippen molar-refractivity contribution in [3.05, 3.63) is 74.5 Å². The van der Waals surface area contributed by atoms with Crippen LogP contribution in [0.2, 0.25) is 10.0 Å². The summed E-state index contributed by atoms with van der Waals surface area (Å²) in [4.78, 5) is 12.4. The highest BCUT2D eigenvalue weighted by Crippen LogP contribution is 2.40. The maximum absolute atomic E-state index is 13.7. The molecule has 0 spiro atoms. The normalized spacial score (nSPS) is 14.6. The average Bonchev–Trinajstić information content (AvgIpc) is 2.74. The number of carbonyl (C=O) groups excluding carboxylic acids is 1. The molecule has 2 nitrogen and oxygen atoms in total. The zero-order valence-electron chi connectivity index (χ0n) is 19.0. The summed E-state index contributed by atoms with van der Waals surface area (Å²) in [6, 6.07) is 2.61. The molecule has 0 fully saturated rings. The number of allylic oxidation sites excluding steroid dienone is 1. The zero-order valence-corrected chi connectivity index (χ0v) is 21.3. The van der Waals surface area contributed by atoms with E-state index in [2.05, 4.69) is 5.32 Å². The molecule has 210 valence electrons. The van der Waals surface area contributed by atoms with Crippen molar-refractivity contribution in [1.29, 1.82) is 0 Å². The third-order valence-electron chi connectivity index (χ3n) is 4.80. The number of nitrogens with one attached hydrogen (secondary N) is 1. The van der Waals surface area contributed by atoms with Crippen molar-refractivity contribution in [3.8, 4) is 0 Å². The second-order valence-electron chi connectivity index (χ2n) is 7.98. The Kier molecular flexibility index (Phi) is 10.5. The highest BCUT2D eigenvalue weighted by molar-refractivity contribution is 7.99. The van der Waals surface area contributed by atoms with Crippen molar-refractivity contribution >= 4 is 46.9 Å². The van der Waals surface area contributed by atoms with E-state index >= 15 is 0 Å². The van der Waals surface area contributed by atoms with Crippen LogP contribution in [0.3, 0.4) is 0 Å². The molecule has 0 heterocycles. The molecule has 0 aliphatic carbocycles. The van der Waals surface area contributed by atoms with E-state index < -0.39 is 74.7 Å². The summed E-state index contributed by atoms with van der Waals surface area (Å²) < 4.78 is 132. The van der Waals surface area contributed by atoms with Gasteiger partial charge in [0.05, 0.1) is 32.8 Å². The first-order valence-electron chi connectivity index (χ1n) is 10.4. The summed E-state index contributed by atoms with van der Waals surface area (Å²) in [5.41, 5.74) is -3.25. The fraction of sp³-hybridized carbons (Fsp3) is 0.348. The van der Waals surface area contributed by atoms with Crippen molar-refractivity contribution in [2.24, 2.45) is 0 Å². The Morgan fingerprint density at radius 3 is 2.08 bits per heavy atom. The SMILES string of the molecule is CC(CSCC(F)(F)F)NC(=O)c1ccc(/C=C/C(c2cc(Cl)c(F)c(Cl)c2)C(F)(F)F)cc1C(F)(F)F. The zero-order chi connectivity index (χ0) is 29.1. The Labute approximate surface area is 224 Å². The molecule has 2 aromatic rings. The van der Waals surface area contributed by atoms with Crippen LogP contribution in [-0.4, -0.2) is 35.8 Å². The second kappa shape index (κ2) is 12.4. The lowest BCUT2D eigenvalue weighted by Crippen LogP contribution is -2.35. The number of amides is 1. The topological polar surface area (TPSA) is 29.1 Å². The maximum atomic E-state index is 13.7. The van der Waals surface area contributed by atoms with Gasteiger partial charge in [0.1, 0.15) is 0 Å². The van der Waals surface area contributed by atoms with Crippen molar-refractivity contribution in [2.75, 3.05) is 11.5 Å². The molecule has 38 heavy (non-hydrogen) atoms. The second-order valence-corrected chi connectivity index (χ2v) is 9.83. The molecule has 0 aromatic heterocycles. The van der Waals surface area contributed by atoms with Crippen LogP contribution in [0.1, 0.15) is 39.9 Å². The van der Waals surface area contributed by atoms with Crippen LogP contribution in [0.5, 0.6) is 0 Å². The van der Waals surface area contributed by atoms with E-state index in [0.29, 0.717) is 36.0 Å². The fourth-order valence-electron chi connectivity index (χ4n) is 3.16. The average molecular weight is 616 g/mol. The summed E-state index contributed by atoms with van der Waals surface area (Å²) in [7, 11) is 0. The number of carbonyl (C=O) groups is 1. The standard InChI is InChI=1S/C23H17Cl2F10NOS/c1-11(9-38-10-21(27,28)29)36-20(37)14-4-2-12(6-16(14)23(33,34)35)3-5-15(22(30,31)32)13-7-17(24)19(26)18(25)8-13/h2-8,11,15H,9-10H2,1H3,(H,36,37)/b5-3+. The van der Waals surface area contributed by atoms with Gasteiger partial charge < -0.3 is 5.32 Å². The molecule has 1 amide bonds. The molecule has 2 unspecified atom stereocenters. The van der Waals surface area contributed by atoms with Crippen LogP contribution in [0, 0.1) is 5.82 Å². The lowest BCUT2D eigenvalue weighted by molar-refractivity contribution is -0.139. The summed E-state index contributed by atoms with van der Waals surface area (Å²) in [5.74, 6) is -6.22. The first kappa shape index (κ1) is 32.1. The Morgan fingerprint density at radius 2 is 1.58 bits per heavy atom. The first-order valence-corrected chi connectivity index (χ1v) is 12.3. The lowest BCUT2D eigenvalue weighted by Gasteiger charge is -2.19. The number of hydrogen-bond donors (Lipinski definition) is 1. The predicted octanol–water partition coefficient (Wildman–Crippen LogP) is 8.92. The molecule has 0 saturated carbocycles. The van der Waals surface area contributed by atoms with E-state index in [9.17, 15) is 48.7 Å². The van der Waals surface area contributed by atoms with Crippen LogP contribution in [0.4, 0.5) is 43.9 Å². The molecule has 0 saturated heterocycles. The highest BCUT2D eigenvalue weighted by Gasteiger charge is 2.40. The number of benzene rings is 2. The van der Waals surface area contributed by atoms with Gasteiger partial charge in [-0.05, 0) is 42.3 Å². The van der Waals surface area contributed by atoms with Gasteiger partial charge in [0.25, 0.3) is 5.91 Å². The molecule has 0 bridgehead atoms. The van der Waals surface area contributed by atoms with Crippen LogP contribution in [0.15, 0.2) is 36.4 Å². The van der Waals surface area contributed by atoms with Gasteiger partial charge in [-0.3, -0.25) is 4.79 Å². The van der Waals surface area contributed by atoms with Gasteiger partial charge in [-0.25, -0.2) is 4.39 Å². The number of halogens is 12. The first-order chi connectivity index (χ1) is 17.3. The predicted molar refractivity (Wildman–Crippen MR) is 126 cm³/mol. The van der Waals surface area contributed by atoms with E-state index in [0.717, 1.165) is 18.2 Å². The molecule has 1 N–H and O–H groups in total. The summed E-state index contributed by atoms with van der Waals surface area (Å²) in [5, 5.41) is 0.803. The molecule has 2 aromatic carbocycles. The molecular weight excluding hydrogens is 599 g/mol. The van der Waals surface area contributed by atoms with Crippen LogP contribution in [0.25, 0.3) is 6.08 Å². The van der Waals surface area contributed by atoms with E-state index in [-0.39, 0.29) is 11.3 Å². The third kappa shape index (κ3) is 9.26.